The molecule has 2 aliphatic heterocycles. The van der Waals surface area contributed by atoms with Crippen LogP contribution in [0.15, 0.2) is 30.3 Å². The van der Waals surface area contributed by atoms with Gasteiger partial charge in [0.2, 0.25) is 11.8 Å². The summed E-state index contributed by atoms with van der Waals surface area (Å²) in [7, 11) is 0. The quantitative estimate of drug-likeness (QED) is 0.814. The molecule has 3 aliphatic rings. The van der Waals surface area contributed by atoms with Crippen molar-refractivity contribution in [1.82, 2.24) is 20.4 Å². The number of nitrogens with one attached hydrogen (secondary N) is 2. The summed E-state index contributed by atoms with van der Waals surface area (Å²) in [5.74, 6) is 0.170. The molecule has 0 unspecified atom stereocenters. The van der Waals surface area contributed by atoms with Crippen molar-refractivity contribution in [2.24, 2.45) is 11.8 Å². The van der Waals surface area contributed by atoms with Crippen LogP contribution in [-0.2, 0) is 16.1 Å². The van der Waals surface area contributed by atoms with Crippen LogP contribution in [0.2, 0.25) is 0 Å². The molecule has 0 radical (unpaired) electrons. The maximum Gasteiger partial charge on any atom is 0.318 e. The third kappa shape index (κ3) is 4.71. The second-order valence-corrected chi connectivity index (χ2v) is 8.51. The predicted octanol–water partition coefficient (Wildman–Crippen LogP) is 1.74. The largest absolute Gasteiger partial charge is 0.351 e. The number of benzene rings is 1. The van der Waals surface area contributed by atoms with Gasteiger partial charge in [0, 0.05) is 38.1 Å². The average molecular weight is 399 g/mol. The Balaban J connectivity index is 1.36. The molecule has 1 saturated carbocycles. The molecule has 29 heavy (non-hydrogen) atoms. The number of carbonyl (C=O) groups excluding carboxylic acids is 3. The van der Waals surface area contributed by atoms with Gasteiger partial charge in [-0.05, 0) is 43.6 Å². The minimum atomic E-state index is -0.226. The van der Waals surface area contributed by atoms with Crippen molar-refractivity contribution in [1.29, 1.82) is 0 Å². The van der Waals surface area contributed by atoms with E-state index < -0.39 is 0 Å². The Morgan fingerprint density at radius 3 is 2.55 bits per heavy atom. The van der Waals surface area contributed by atoms with Crippen molar-refractivity contribution < 1.29 is 14.4 Å². The van der Waals surface area contributed by atoms with E-state index in [0.29, 0.717) is 19.5 Å². The zero-order valence-electron chi connectivity index (χ0n) is 16.8. The summed E-state index contributed by atoms with van der Waals surface area (Å²) in [6.07, 6.45) is 4.78. The van der Waals surface area contributed by atoms with Gasteiger partial charge in [-0.1, -0.05) is 30.3 Å². The van der Waals surface area contributed by atoms with Crippen LogP contribution in [0.4, 0.5) is 4.79 Å². The van der Waals surface area contributed by atoms with Crippen LogP contribution in [0.5, 0.6) is 0 Å². The molecule has 0 bridgehead atoms. The molecule has 156 valence electrons. The van der Waals surface area contributed by atoms with E-state index in [4.69, 9.17) is 0 Å². The van der Waals surface area contributed by atoms with Crippen LogP contribution in [-0.4, -0.2) is 59.9 Å². The monoisotopic (exact) mass is 398 g/mol. The summed E-state index contributed by atoms with van der Waals surface area (Å²) < 4.78 is 0. The number of hydrogen-bond acceptors (Lipinski definition) is 3. The van der Waals surface area contributed by atoms with Crippen LogP contribution in [0.25, 0.3) is 0 Å². The lowest BCUT2D eigenvalue weighted by Crippen LogP contribution is -2.44. The number of hydrogen-bond donors (Lipinski definition) is 2. The number of likely N-dealkylation sites (tertiary alicyclic amines) is 1. The molecule has 2 saturated heterocycles. The molecule has 2 N–H and O–H groups in total. The highest BCUT2D eigenvalue weighted by atomic mass is 16.2. The van der Waals surface area contributed by atoms with E-state index >= 15 is 0 Å². The lowest BCUT2D eigenvalue weighted by atomic mass is 10.0. The molecule has 3 fully saturated rings. The van der Waals surface area contributed by atoms with E-state index in [-0.39, 0.29) is 42.3 Å². The Bertz CT molecular complexity index is 748. The highest BCUT2D eigenvalue weighted by molar-refractivity contribution is 5.85. The molecule has 7 heteroatoms. The zero-order valence-corrected chi connectivity index (χ0v) is 16.8. The first-order chi connectivity index (χ1) is 14.1. The topological polar surface area (TPSA) is 81.8 Å². The molecule has 0 spiro atoms. The van der Waals surface area contributed by atoms with Crippen LogP contribution in [0.1, 0.15) is 37.7 Å². The standard InChI is InChI=1S/C22H30N4O3/c27-20-15-26(22(29)23-13-16-7-3-1-4-8-16)14-18-11-17(12-19(18)24-20)21(28)25-9-5-2-6-10-25/h1,3-4,7-8,17-19H,2,5-6,9-15H2,(H,23,29)(H,24,27)/t17-,18+,19+/m0/s1. The molecule has 3 atom stereocenters. The van der Waals surface area contributed by atoms with Gasteiger partial charge in [0.15, 0.2) is 0 Å². The van der Waals surface area contributed by atoms with Gasteiger partial charge in [0.05, 0.1) is 0 Å². The summed E-state index contributed by atoms with van der Waals surface area (Å²) >= 11 is 0. The molecule has 2 heterocycles. The van der Waals surface area contributed by atoms with Crippen LogP contribution in [0.3, 0.4) is 0 Å². The van der Waals surface area contributed by atoms with E-state index in [1.807, 2.05) is 35.2 Å². The Hall–Kier alpha value is -2.57. The maximum absolute atomic E-state index is 12.9. The summed E-state index contributed by atoms with van der Waals surface area (Å²) in [6.45, 7) is 2.71. The van der Waals surface area contributed by atoms with Gasteiger partial charge in [-0.2, -0.15) is 0 Å². The Kier molecular flexibility index (Phi) is 6.02. The molecule has 0 aromatic heterocycles. The number of carbonyl (C=O) groups is 3. The van der Waals surface area contributed by atoms with Crippen molar-refractivity contribution in [3.05, 3.63) is 35.9 Å². The van der Waals surface area contributed by atoms with E-state index in [1.165, 1.54) is 6.42 Å². The second-order valence-electron chi connectivity index (χ2n) is 8.51. The second kappa shape index (κ2) is 8.84. The minimum absolute atomic E-state index is 0.0202. The van der Waals surface area contributed by atoms with Gasteiger partial charge in [-0.15, -0.1) is 0 Å². The summed E-state index contributed by atoms with van der Waals surface area (Å²) in [5.41, 5.74) is 1.02. The number of fused-ring (bicyclic) bond motifs is 1. The molecular formula is C22H30N4O3. The molecule has 1 aromatic carbocycles. The summed E-state index contributed by atoms with van der Waals surface area (Å²) in [5, 5.41) is 5.97. The minimum Gasteiger partial charge on any atom is -0.351 e. The number of rotatable bonds is 3. The summed E-state index contributed by atoms with van der Waals surface area (Å²) in [4.78, 5) is 41.5. The Morgan fingerprint density at radius 1 is 1.03 bits per heavy atom. The normalized spacial score (nSPS) is 27.0. The highest BCUT2D eigenvalue weighted by Crippen LogP contribution is 2.35. The molecule has 1 aromatic rings. The summed E-state index contributed by atoms with van der Waals surface area (Å²) in [6, 6.07) is 9.47. The van der Waals surface area contributed by atoms with Crippen LogP contribution >= 0.6 is 0 Å². The fraction of sp³-hybridized carbons (Fsp3) is 0.591. The van der Waals surface area contributed by atoms with E-state index in [1.54, 1.807) is 4.90 Å². The number of piperidine rings is 1. The van der Waals surface area contributed by atoms with E-state index in [0.717, 1.165) is 37.9 Å². The fourth-order valence-electron chi connectivity index (χ4n) is 4.89. The highest BCUT2D eigenvalue weighted by Gasteiger charge is 2.43. The van der Waals surface area contributed by atoms with Gasteiger partial charge in [-0.25, -0.2) is 4.79 Å². The van der Waals surface area contributed by atoms with Gasteiger partial charge in [0.1, 0.15) is 6.54 Å². The number of amides is 4. The van der Waals surface area contributed by atoms with Gasteiger partial charge in [-0.3, -0.25) is 9.59 Å². The van der Waals surface area contributed by atoms with Gasteiger partial charge in [0.25, 0.3) is 0 Å². The molecule has 4 amide bonds. The fourth-order valence-corrected chi connectivity index (χ4v) is 4.89. The zero-order chi connectivity index (χ0) is 20.2. The Labute approximate surface area is 171 Å². The van der Waals surface area contributed by atoms with Crippen molar-refractivity contribution in [2.75, 3.05) is 26.2 Å². The SMILES string of the molecule is O=C1CN(C(=O)NCc2ccccc2)C[C@H]2C[C@H](C(=O)N3CCCCC3)C[C@H]2N1. The number of urea groups is 1. The van der Waals surface area contributed by atoms with E-state index in [9.17, 15) is 14.4 Å². The first-order valence-corrected chi connectivity index (χ1v) is 10.7. The lowest BCUT2D eigenvalue weighted by Gasteiger charge is -2.29. The third-order valence-corrected chi connectivity index (χ3v) is 6.42. The third-order valence-electron chi connectivity index (χ3n) is 6.42. The van der Waals surface area contributed by atoms with Gasteiger partial charge < -0.3 is 20.4 Å². The Morgan fingerprint density at radius 2 is 1.79 bits per heavy atom. The van der Waals surface area contributed by atoms with E-state index in [2.05, 4.69) is 10.6 Å². The van der Waals surface area contributed by atoms with Crippen LogP contribution in [0, 0.1) is 11.8 Å². The lowest BCUT2D eigenvalue weighted by molar-refractivity contribution is -0.136. The average Bonchev–Trinajstić information content (AvgIpc) is 3.07. The van der Waals surface area contributed by atoms with Gasteiger partial charge >= 0.3 is 6.03 Å². The molecular weight excluding hydrogens is 368 g/mol. The molecule has 7 nitrogen and oxygen atoms in total. The van der Waals surface area contributed by atoms with Crippen LogP contribution < -0.4 is 10.6 Å². The van der Waals surface area contributed by atoms with Crippen molar-refractivity contribution in [3.63, 3.8) is 0 Å². The number of nitrogens with zero attached hydrogens (tertiary/aromatic N) is 2. The first-order valence-electron chi connectivity index (χ1n) is 10.7. The molecule has 1 aliphatic carbocycles. The molecule has 4 rings (SSSR count). The van der Waals surface area contributed by atoms with Crippen molar-refractivity contribution in [3.8, 4) is 0 Å². The predicted molar refractivity (Wildman–Crippen MR) is 109 cm³/mol. The smallest absolute Gasteiger partial charge is 0.318 e. The van der Waals surface area contributed by atoms with Crippen molar-refractivity contribution in [2.45, 2.75) is 44.7 Å². The van der Waals surface area contributed by atoms with Crippen molar-refractivity contribution >= 4 is 17.8 Å². The first kappa shape index (κ1) is 19.7. The maximum atomic E-state index is 12.9.